The average Bonchev–Trinajstić information content (AvgIpc) is 3.19. The van der Waals surface area contributed by atoms with E-state index in [1.165, 1.54) is 86.8 Å². The van der Waals surface area contributed by atoms with Crippen molar-refractivity contribution in [1.29, 1.82) is 0 Å². The van der Waals surface area contributed by atoms with Crippen molar-refractivity contribution in [3.8, 4) is 33.4 Å². The van der Waals surface area contributed by atoms with Crippen LogP contribution in [0.3, 0.4) is 0 Å². The molecule has 0 aliphatic heterocycles. The molecule has 0 nitrogen and oxygen atoms in total. The summed E-state index contributed by atoms with van der Waals surface area (Å²) >= 11 is 0. The molecule has 0 amide bonds. The molecule has 0 aliphatic carbocycles. The first-order valence-electron chi connectivity index (χ1n) is 17.7. The molecule has 9 rings (SSSR count). The SMILES string of the molecule is CC[Si](C)(c1cccc(-c2ccc(-c3c4ccccc4c(-c4cccc5ccccc45)c4ccccc34)cc2)c1)c1ccc2ccccc2c1. The van der Waals surface area contributed by atoms with E-state index >= 15 is 0 Å². The highest BCUT2D eigenvalue weighted by Gasteiger charge is 2.30. The molecule has 9 aromatic rings. The van der Waals surface area contributed by atoms with Gasteiger partial charge in [-0.1, -0.05) is 212 Å². The second-order valence-electron chi connectivity index (χ2n) is 13.8. The third-order valence-electron chi connectivity index (χ3n) is 11.1. The van der Waals surface area contributed by atoms with Gasteiger partial charge in [0, 0.05) is 0 Å². The van der Waals surface area contributed by atoms with E-state index in [-0.39, 0.29) is 0 Å². The van der Waals surface area contributed by atoms with Crippen LogP contribution in [0.2, 0.25) is 12.6 Å². The molecule has 50 heavy (non-hydrogen) atoms. The summed E-state index contributed by atoms with van der Waals surface area (Å²) in [6, 6.07) is 69.0. The lowest BCUT2D eigenvalue weighted by Gasteiger charge is -2.28. The monoisotopic (exact) mass is 654 g/mol. The van der Waals surface area contributed by atoms with E-state index in [0.29, 0.717) is 0 Å². The van der Waals surface area contributed by atoms with Crippen molar-refractivity contribution in [2.24, 2.45) is 0 Å². The van der Waals surface area contributed by atoms with Crippen LogP contribution in [0.25, 0.3) is 76.5 Å². The molecule has 238 valence electrons. The maximum absolute atomic E-state index is 2.53. The molecule has 9 aromatic carbocycles. The van der Waals surface area contributed by atoms with Gasteiger partial charge in [-0.05, 0) is 76.5 Å². The summed E-state index contributed by atoms with van der Waals surface area (Å²) in [4.78, 5) is 0. The summed E-state index contributed by atoms with van der Waals surface area (Å²) in [6.45, 7) is 4.89. The molecule has 0 bridgehead atoms. The lowest BCUT2D eigenvalue weighted by atomic mass is 9.84. The van der Waals surface area contributed by atoms with Crippen LogP contribution in [0.5, 0.6) is 0 Å². The standard InChI is InChI=1S/C49H38Si/c1-3-50(2,41-31-30-34-14-4-5-16-38(34)33-41)40-19-12-18-39(32-40)35-26-28-37(29-27-35)48-44-21-8-10-23-46(44)49(47-24-11-9-22-45(47)48)43-25-13-17-36-15-6-7-20-42(36)43/h4-33H,3H2,1-2H3. The maximum Gasteiger partial charge on any atom is 0.114 e. The fraction of sp³-hybridized carbons (Fsp3) is 0.0612. The minimum atomic E-state index is -1.93. The second kappa shape index (κ2) is 12.3. The van der Waals surface area contributed by atoms with E-state index in [1.807, 2.05) is 0 Å². The van der Waals surface area contributed by atoms with Crippen molar-refractivity contribution in [2.75, 3.05) is 0 Å². The fourth-order valence-corrected chi connectivity index (χ4v) is 11.2. The number of hydrogen-bond donors (Lipinski definition) is 0. The van der Waals surface area contributed by atoms with Gasteiger partial charge >= 0.3 is 0 Å². The van der Waals surface area contributed by atoms with Crippen LogP contribution < -0.4 is 10.4 Å². The Kier molecular flexibility index (Phi) is 7.45. The summed E-state index contributed by atoms with van der Waals surface area (Å²) < 4.78 is 0. The first kappa shape index (κ1) is 30.3. The van der Waals surface area contributed by atoms with Crippen LogP contribution >= 0.6 is 0 Å². The Labute approximate surface area is 295 Å². The minimum absolute atomic E-state index is 1.16. The topological polar surface area (TPSA) is 0 Å². The van der Waals surface area contributed by atoms with Gasteiger partial charge in [-0.2, -0.15) is 0 Å². The van der Waals surface area contributed by atoms with Crippen molar-refractivity contribution in [2.45, 2.75) is 19.5 Å². The van der Waals surface area contributed by atoms with Gasteiger partial charge in [0.1, 0.15) is 8.07 Å². The van der Waals surface area contributed by atoms with Gasteiger partial charge in [0.15, 0.2) is 0 Å². The number of hydrogen-bond acceptors (Lipinski definition) is 0. The predicted octanol–water partition coefficient (Wildman–Crippen LogP) is 12.5. The highest BCUT2D eigenvalue weighted by Crippen LogP contribution is 2.45. The third kappa shape index (κ3) is 4.97. The predicted molar refractivity (Wildman–Crippen MR) is 221 cm³/mol. The Morgan fingerprint density at radius 1 is 0.360 bits per heavy atom. The Hall–Kier alpha value is -5.76. The van der Waals surface area contributed by atoms with Gasteiger partial charge in [-0.3, -0.25) is 0 Å². The molecule has 1 atom stereocenters. The Morgan fingerprint density at radius 3 is 1.56 bits per heavy atom. The van der Waals surface area contributed by atoms with Crippen molar-refractivity contribution in [3.05, 3.63) is 182 Å². The highest BCUT2D eigenvalue weighted by atomic mass is 28.3. The fourth-order valence-electron chi connectivity index (χ4n) is 8.15. The summed E-state index contributed by atoms with van der Waals surface area (Å²) in [5.74, 6) is 0. The van der Waals surface area contributed by atoms with Gasteiger partial charge < -0.3 is 0 Å². The molecule has 1 heteroatoms. The van der Waals surface area contributed by atoms with Gasteiger partial charge in [0.25, 0.3) is 0 Å². The zero-order valence-corrected chi connectivity index (χ0v) is 29.5. The Morgan fingerprint density at radius 2 is 0.880 bits per heavy atom. The molecule has 0 aromatic heterocycles. The lowest BCUT2D eigenvalue weighted by molar-refractivity contribution is 1.39. The molecule has 0 saturated carbocycles. The van der Waals surface area contributed by atoms with Crippen LogP contribution in [-0.2, 0) is 0 Å². The number of fused-ring (bicyclic) bond motifs is 4. The quantitative estimate of drug-likeness (QED) is 0.124. The molecular formula is C49H38Si. The van der Waals surface area contributed by atoms with E-state index in [1.54, 1.807) is 0 Å². The smallest absolute Gasteiger partial charge is 0.0672 e. The summed E-state index contributed by atoms with van der Waals surface area (Å²) in [5, 5.41) is 13.3. The van der Waals surface area contributed by atoms with Crippen LogP contribution in [0.1, 0.15) is 6.92 Å². The molecule has 0 spiro atoms. The van der Waals surface area contributed by atoms with Gasteiger partial charge in [0.05, 0.1) is 0 Å². The average molecular weight is 655 g/mol. The van der Waals surface area contributed by atoms with E-state index < -0.39 is 8.07 Å². The Bertz CT molecular complexity index is 2640. The molecule has 0 aliphatic rings. The van der Waals surface area contributed by atoms with Crippen molar-refractivity contribution in [3.63, 3.8) is 0 Å². The van der Waals surface area contributed by atoms with Crippen LogP contribution in [0, 0.1) is 0 Å². The third-order valence-corrected chi connectivity index (χ3v) is 15.7. The highest BCUT2D eigenvalue weighted by molar-refractivity contribution is 7.01. The van der Waals surface area contributed by atoms with E-state index in [4.69, 9.17) is 0 Å². The molecule has 0 fully saturated rings. The number of rotatable bonds is 6. The summed E-state index contributed by atoms with van der Waals surface area (Å²) in [5.41, 5.74) is 7.65. The van der Waals surface area contributed by atoms with Gasteiger partial charge in [-0.15, -0.1) is 0 Å². The maximum atomic E-state index is 2.53. The van der Waals surface area contributed by atoms with Crippen molar-refractivity contribution < 1.29 is 0 Å². The normalized spacial score (nSPS) is 12.8. The summed E-state index contributed by atoms with van der Waals surface area (Å²) in [6.07, 6.45) is 0. The molecule has 0 radical (unpaired) electrons. The Balaban J connectivity index is 1.16. The zero-order chi connectivity index (χ0) is 33.7. The lowest BCUT2D eigenvalue weighted by Crippen LogP contribution is -2.55. The van der Waals surface area contributed by atoms with Crippen LogP contribution in [0.4, 0.5) is 0 Å². The molecular weight excluding hydrogens is 617 g/mol. The van der Waals surface area contributed by atoms with Gasteiger partial charge in [0.2, 0.25) is 0 Å². The van der Waals surface area contributed by atoms with Crippen LogP contribution in [0.15, 0.2) is 182 Å². The van der Waals surface area contributed by atoms with E-state index in [2.05, 4.69) is 195 Å². The molecule has 1 unspecified atom stereocenters. The zero-order valence-electron chi connectivity index (χ0n) is 28.5. The molecule has 0 N–H and O–H groups in total. The second-order valence-corrected chi connectivity index (χ2v) is 18.3. The van der Waals surface area contributed by atoms with Gasteiger partial charge in [-0.25, -0.2) is 0 Å². The molecule has 0 heterocycles. The van der Waals surface area contributed by atoms with Crippen molar-refractivity contribution >= 4 is 61.5 Å². The minimum Gasteiger partial charge on any atom is -0.0672 e. The van der Waals surface area contributed by atoms with Crippen molar-refractivity contribution in [1.82, 2.24) is 0 Å². The molecule has 0 saturated heterocycles. The first-order valence-corrected chi connectivity index (χ1v) is 20.5. The van der Waals surface area contributed by atoms with E-state index in [0.717, 1.165) is 6.04 Å². The number of benzene rings is 9. The van der Waals surface area contributed by atoms with Crippen LogP contribution in [-0.4, -0.2) is 8.07 Å². The largest absolute Gasteiger partial charge is 0.114 e. The van der Waals surface area contributed by atoms with E-state index in [9.17, 15) is 0 Å². The summed E-state index contributed by atoms with van der Waals surface area (Å²) in [7, 11) is -1.93. The first-order chi connectivity index (χ1) is 24.6.